The van der Waals surface area contributed by atoms with Gasteiger partial charge in [0.15, 0.2) is 5.01 Å². The highest BCUT2D eigenvalue weighted by atomic mass is 32.1. The lowest BCUT2D eigenvalue weighted by atomic mass is 10.1. The van der Waals surface area contributed by atoms with Gasteiger partial charge in [-0.2, -0.15) is 0 Å². The summed E-state index contributed by atoms with van der Waals surface area (Å²) in [6.45, 7) is 9.98. The minimum absolute atomic E-state index is 0.792. The van der Waals surface area contributed by atoms with Gasteiger partial charge in [0.25, 0.3) is 0 Å². The molecule has 2 rings (SSSR count). The van der Waals surface area contributed by atoms with E-state index >= 15 is 0 Å². The van der Waals surface area contributed by atoms with Gasteiger partial charge in [0.1, 0.15) is 16.5 Å². The second kappa shape index (κ2) is 5.63. The van der Waals surface area contributed by atoms with Crippen molar-refractivity contribution in [2.45, 2.75) is 40.7 Å². The molecule has 0 aliphatic rings. The molecule has 0 amide bonds. The molecule has 4 nitrogen and oxygen atoms in total. The van der Waals surface area contributed by atoms with E-state index in [0.717, 1.165) is 52.2 Å². The molecule has 0 saturated carbocycles. The Hall–Kier alpha value is -1.20. The minimum Gasteiger partial charge on any atom is -0.466 e. The third kappa shape index (κ3) is 2.62. The molecule has 0 aromatic carbocycles. The molecule has 2 heterocycles. The van der Waals surface area contributed by atoms with E-state index in [4.69, 9.17) is 4.42 Å². The molecule has 0 aliphatic carbocycles. The summed E-state index contributed by atoms with van der Waals surface area (Å²) < 4.78 is 5.63. The average Bonchev–Trinajstić information content (AvgIpc) is 2.86. The maximum atomic E-state index is 5.63. The minimum atomic E-state index is 0.792. The molecular weight excluding hydrogens is 246 g/mol. The Labute approximate surface area is 111 Å². The van der Waals surface area contributed by atoms with E-state index in [1.807, 2.05) is 13.8 Å². The summed E-state index contributed by atoms with van der Waals surface area (Å²) in [6.07, 6.45) is 1.13. The Morgan fingerprint density at radius 3 is 2.56 bits per heavy atom. The molecular formula is C13H19N3OS. The number of nitrogens with zero attached hydrogens (tertiary/aromatic N) is 2. The third-order valence-corrected chi connectivity index (χ3v) is 3.89. The highest BCUT2D eigenvalue weighted by Crippen LogP contribution is 2.33. The summed E-state index contributed by atoms with van der Waals surface area (Å²) in [7, 11) is 0. The topological polar surface area (TPSA) is 51.0 Å². The fourth-order valence-electron chi connectivity index (χ4n) is 1.91. The number of hydrogen-bond donors (Lipinski definition) is 1. The Morgan fingerprint density at radius 1 is 1.17 bits per heavy atom. The van der Waals surface area contributed by atoms with Crippen molar-refractivity contribution in [3.8, 4) is 10.6 Å². The van der Waals surface area contributed by atoms with Gasteiger partial charge >= 0.3 is 0 Å². The zero-order valence-corrected chi connectivity index (χ0v) is 12.1. The monoisotopic (exact) mass is 265 g/mol. The molecule has 0 atom stereocenters. The molecule has 0 fully saturated rings. The molecule has 2 aromatic heterocycles. The fourth-order valence-corrected chi connectivity index (χ4v) is 2.87. The number of furan rings is 1. The van der Waals surface area contributed by atoms with Crippen molar-refractivity contribution < 1.29 is 4.42 Å². The largest absolute Gasteiger partial charge is 0.466 e. The zero-order chi connectivity index (χ0) is 13.1. The van der Waals surface area contributed by atoms with Gasteiger partial charge in [0.2, 0.25) is 0 Å². The van der Waals surface area contributed by atoms with Crippen LogP contribution in [-0.2, 0) is 6.54 Å². The van der Waals surface area contributed by atoms with Crippen LogP contribution in [0.15, 0.2) is 4.42 Å². The first-order chi connectivity index (χ1) is 8.63. The summed E-state index contributed by atoms with van der Waals surface area (Å²) in [5.74, 6) is 1.89. The van der Waals surface area contributed by atoms with Crippen LogP contribution in [0, 0.1) is 20.8 Å². The number of nitrogens with one attached hydrogen (secondary N) is 1. The first-order valence-corrected chi connectivity index (χ1v) is 7.05. The van der Waals surface area contributed by atoms with E-state index in [-0.39, 0.29) is 0 Å². The summed E-state index contributed by atoms with van der Waals surface area (Å²) in [6, 6.07) is 0. The van der Waals surface area contributed by atoms with Crippen LogP contribution in [0.2, 0.25) is 0 Å². The van der Waals surface area contributed by atoms with Gasteiger partial charge in [-0.3, -0.25) is 0 Å². The number of rotatable bonds is 5. The quantitative estimate of drug-likeness (QED) is 0.843. The SMILES string of the molecule is CCCNCc1nnc(-c2c(C)oc(C)c2C)s1. The Bertz CT molecular complexity index is 530. The van der Waals surface area contributed by atoms with Crippen molar-refractivity contribution in [1.29, 1.82) is 0 Å². The lowest BCUT2D eigenvalue weighted by molar-refractivity contribution is 0.503. The van der Waals surface area contributed by atoms with Gasteiger partial charge < -0.3 is 9.73 Å². The Kier molecular flexibility index (Phi) is 4.14. The molecule has 2 aromatic rings. The highest BCUT2D eigenvalue weighted by molar-refractivity contribution is 7.14. The van der Waals surface area contributed by atoms with E-state index in [1.54, 1.807) is 11.3 Å². The molecule has 0 unspecified atom stereocenters. The van der Waals surface area contributed by atoms with E-state index < -0.39 is 0 Å². The van der Waals surface area contributed by atoms with Crippen molar-refractivity contribution in [1.82, 2.24) is 15.5 Å². The van der Waals surface area contributed by atoms with E-state index in [0.29, 0.717) is 0 Å². The molecule has 0 radical (unpaired) electrons. The molecule has 0 saturated heterocycles. The zero-order valence-electron chi connectivity index (χ0n) is 11.3. The van der Waals surface area contributed by atoms with Crippen molar-refractivity contribution in [3.05, 3.63) is 22.1 Å². The summed E-state index contributed by atoms with van der Waals surface area (Å²) in [5.41, 5.74) is 2.27. The maximum absolute atomic E-state index is 5.63. The van der Waals surface area contributed by atoms with Crippen molar-refractivity contribution in [2.75, 3.05) is 6.54 Å². The van der Waals surface area contributed by atoms with Crippen molar-refractivity contribution in [3.63, 3.8) is 0 Å². The summed E-state index contributed by atoms with van der Waals surface area (Å²) in [5, 5.41) is 13.8. The van der Waals surface area contributed by atoms with Gasteiger partial charge in [-0.05, 0) is 33.7 Å². The van der Waals surface area contributed by atoms with Crippen LogP contribution in [-0.4, -0.2) is 16.7 Å². The summed E-state index contributed by atoms with van der Waals surface area (Å²) >= 11 is 1.63. The molecule has 5 heteroatoms. The van der Waals surface area contributed by atoms with Crippen LogP contribution in [0.25, 0.3) is 10.6 Å². The molecule has 18 heavy (non-hydrogen) atoms. The first-order valence-electron chi connectivity index (χ1n) is 6.23. The van der Waals surface area contributed by atoms with E-state index in [2.05, 4.69) is 29.4 Å². The maximum Gasteiger partial charge on any atom is 0.151 e. The lowest BCUT2D eigenvalue weighted by Crippen LogP contribution is -2.13. The van der Waals surface area contributed by atoms with E-state index in [1.165, 1.54) is 0 Å². The second-order valence-electron chi connectivity index (χ2n) is 4.39. The highest BCUT2D eigenvalue weighted by Gasteiger charge is 2.17. The molecule has 0 spiro atoms. The first kappa shape index (κ1) is 13.2. The molecule has 0 aliphatic heterocycles. The third-order valence-electron chi connectivity index (χ3n) is 2.95. The van der Waals surface area contributed by atoms with Crippen LogP contribution in [0.3, 0.4) is 0 Å². The van der Waals surface area contributed by atoms with Crippen LogP contribution in [0.5, 0.6) is 0 Å². The van der Waals surface area contributed by atoms with Gasteiger partial charge in [0.05, 0.1) is 5.56 Å². The Morgan fingerprint density at radius 2 is 1.94 bits per heavy atom. The molecule has 98 valence electrons. The average molecular weight is 265 g/mol. The number of aromatic nitrogens is 2. The molecule has 1 N–H and O–H groups in total. The number of hydrogen-bond acceptors (Lipinski definition) is 5. The summed E-state index contributed by atoms with van der Waals surface area (Å²) in [4.78, 5) is 0. The van der Waals surface area contributed by atoms with E-state index in [9.17, 15) is 0 Å². The second-order valence-corrected chi connectivity index (χ2v) is 5.45. The fraction of sp³-hybridized carbons (Fsp3) is 0.538. The van der Waals surface area contributed by atoms with Crippen molar-refractivity contribution >= 4 is 11.3 Å². The van der Waals surface area contributed by atoms with Crippen LogP contribution < -0.4 is 5.32 Å². The van der Waals surface area contributed by atoms with Crippen LogP contribution in [0.4, 0.5) is 0 Å². The Balaban J connectivity index is 2.19. The van der Waals surface area contributed by atoms with Crippen LogP contribution >= 0.6 is 11.3 Å². The predicted octanol–water partition coefficient (Wildman–Crippen LogP) is 3.22. The van der Waals surface area contributed by atoms with Gasteiger partial charge in [0, 0.05) is 12.1 Å². The van der Waals surface area contributed by atoms with Crippen LogP contribution in [0.1, 0.15) is 35.4 Å². The molecule has 0 bridgehead atoms. The predicted molar refractivity (Wildman–Crippen MR) is 73.8 cm³/mol. The smallest absolute Gasteiger partial charge is 0.151 e. The van der Waals surface area contributed by atoms with Gasteiger partial charge in [-0.15, -0.1) is 10.2 Å². The number of aryl methyl sites for hydroxylation is 2. The van der Waals surface area contributed by atoms with Gasteiger partial charge in [-0.1, -0.05) is 18.3 Å². The standard InChI is InChI=1S/C13H19N3OS/c1-5-6-14-7-11-15-16-13(18-11)12-8(2)9(3)17-10(12)4/h14H,5-7H2,1-4H3. The van der Waals surface area contributed by atoms with Gasteiger partial charge in [-0.25, -0.2) is 0 Å². The normalized spacial score (nSPS) is 11.1. The van der Waals surface area contributed by atoms with Crippen molar-refractivity contribution in [2.24, 2.45) is 0 Å². The lowest BCUT2D eigenvalue weighted by Gasteiger charge is -1.97.